The van der Waals surface area contributed by atoms with Crippen LogP contribution in [0.1, 0.15) is 41.0 Å². The Morgan fingerprint density at radius 1 is 1.33 bits per heavy atom. The molecule has 0 amide bonds. The van der Waals surface area contributed by atoms with E-state index >= 15 is 0 Å². The monoisotopic (exact) mass is 163 g/mol. The van der Waals surface area contributed by atoms with Crippen molar-refractivity contribution in [1.29, 1.82) is 0 Å². The summed E-state index contributed by atoms with van der Waals surface area (Å²) in [6.07, 6.45) is 6.78. The van der Waals surface area contributed by atoms with E-state index in [2.05, 4.69) is 46.8 Å². The van der Waals surface area contributed by atoms with Gasteiger partial charge in [-0.15, -0.1) is 0 Å². The van der Waals surface area contributed by atoms with Gasteiger partial charge in [0, 0.05) is 0 Å². The van der Waals surface area contributed by atoms with E-state index in [-0.39, 0.29) is 5.41 Å². The summed E-state index contributed by atoms with van der Waals surface area (Å²) in [5, 5.41) is 0. The van der Waals surface area contributed by atoms with E-state index < -0.39 is 0 Å². The SMILES string of the molecule is CC(C)C1=CC[C]=C1C(C)(C)C. The van der Waals surface area contributed by atoms with Crippen molar-refractivity contribution in [1.82, 2.24) is 0 Å². The molecule has 0 aromatic carbocycles. The first-order valence-electron chi connectivity index (χ1n) is 4.74. The van der Waals surface area contributed by atoms with Gasteiger partial charge in [-0.25, -0.2) is 0 Å². The summed E-state index contributed by atoms with van der Waals surface area (Å²) in [6.45, 7) is 11.3. The third-order valence-corrected chi connectivity index (χ3v) is 2.26. The lowest BCUT2D eigenvalue weighted by Gasteiger charge is -2.25. The van der Waals surface area contributed by atoms with Gasteiger partial charge in [-0.3, -0.25) is 0 Å². The molecular weight excluding hydrogens is 144 g/mol. The fourth-order valence-electron chi connectivity index (χ4n) is 1.69. The van der Waals surface area contributed by atoms with Crippen LogP contribution in [0.3, 0.4) is 0 Å². The standard InChI is InChI=1S/C12H19/c1-9(2)10-7-6-8-11(10)12(3,4)5/h7,9H,6H2,1-5H3. The van der Waals surface area contributed by atoms with Crippen LogP contribution in [0.25, 0.3) is 0 Å². The molecule has 0 heterocycles. The topological polar surface area (TPSA) is 0 Å². The van der Waals surface area contributed by atoms with Crippen molar-refractivity contribution in [2.24, 2.45) is 11.3 Å². The minimum Gasteiger partial charge on any atom is -0.0763 e. The van der Waals surface area contributed by atoms with Crippen molar-refractivity contribution in [2.45, 2.75) is 41.0 Å². The molecule has 1 aliphatic rings. The fourth-order valence-corrected chi connectivity index (χ4v) is 1.69. The maximum atomic E-state index is 3.45. The van der Waals surface area contributed by atoms with Crippen LogP contribution in [0, 0.1) is 17.4 Å². The van der Waals surface area contributed by atoms with Gasteiger partial charge in [0.05, 0.1) is 0 Å². The van der Waals surface area contributed by atoms with Crippen LogP contribution in [0.4, 0.5) is 0 Å². The van der Waals surface area contributed by atoms with E-state index in [1.54, 1.807) is 0 Å². The normalized spacial score (nSPS) is 18.2. The zero-order valence-electron chi connectivity index (χ0n) is 8.86. The summed E-state index contributed by atoms with van der Waals surface area (Å²) in [4.78, 5) is 0. The molecule has 0 aromatic heterocycles. The molecule has 1 rings (SSSR count). The molecule has 0 aliphatic heterocycles. The summed E-state index contributed by atoms with van der Waals surface area (Å²) >= 11 is 0. The van der Waals surface area contributed by atoms with Crippen LogP contribution in [0.2, 0.25) is 0 Å². The zero-order valence-corrected chi connectivity index (χ0v) is 8.86. The summed E-state index contributed by atoms with van der Waals surface area (Å²) in [5.74, 6) is 0.647. The summed E-state index contributed by atoms with van der Waals surface area (Å²) in [5.41, 5.74) is 3.20. The Morgan fingerprint density at radius 3 is 2.25 bits per heavy atom. The number of allylic oxidation sites excluding steroid dienone is 4. The predicted molar refractivity (Wildman–Crippen MR) is 53.7 cm³/mol. The van der Waals surface area contributed by atoms with Crippen LogP contribution < -0.4 is 0 Å². The van der Waals surface area contributed by atoms with Gasteiger partial charge in [0.25, 0.3) is 0 Å². The van der Waals surface area contributed by atoms with Crippen molar-refractivity contribution in [3.05, 3.63) is 23.3 Å². The number of hydrogen-bond acceptors (Lipinski definition) is 0. The van der Waals surface area contributed by atoms with E-state index in [4.69, 9.17) is 0 Å². The first-order chi connectivity index (χ1) is 5.43. The highest BCUT2D eigenvalue weighted by atomic mass is 14.3. The second-order valence-electron chi connectivity index (χ2n) is 4.82. The predicted octanol–water partition coefficient (Wildman–Crippen LogP) is 3.75. The molecule has 0 N–H and O–H groups in total. The molecule has 0 heteroatoms. The third-order valence-electron chi connectivity index (χ3n) is 2.26. The van der Waals surface area contributed by atoms with Crippen LogP contribution in [0.15, 0.2) is 17.2 Å². The van der Waals surface area contributed by atoms with Gasteiger partial charge >= 0.3 is 0 Å². The second kappa shape index (κ2) is 3.08. The van der Waals surface area contributed by atoms with E-state index in [1.165, 1.54) is 11.1 Å². The lowest BCUT2D eigenvalue weighted by molar-refractivity contribution is 0.498. The maximum absolute atomic E-state index is 3.45. The molecule has 0 saturated carbocycles. The number of rotatable bonds is 1. The van der Waals surface area contributed by atoms with E-state index in [9.17, 15) is 0 Å². The molecule has 0 nitrogen and oxygen atoms in total. The first-order valence-corrected chi connectivity index (χ1v) is 4.74. The maximum Gasteiger partial charge on any atom is -0.00854 e. The highest BCUT2D eigenvalue weighted by Crippen LogP contribution is 2.37. The Balaban J connectivity index is 2.88. The van der Waals surface area contributed by atoms with E-state index in [0.717, 1.165) is 6.42 Å². The molecule has 1 radical (unpaired) electrons. The zero-order chi connectivity index (χ0) is 9.35. The second-order valence-corrected chi connectivity index (χ2v) is 4.82. The third kappa shape index (κ3) is 1.80. The first kappa shape index (κ1) is 9.57. The smallest absolute Gasteiger partial charge is 0.00854 e. The molecule has 67 valence electrons. The van der Waals surface area contributed by atoms with Gasteiger partial charge in [0.1, 0.15) is 0 Å². The van der Waals surface area contributed by atoms with Gasteiger partial charge in [-0.2, -0.15) is 0 Å². The van der Waals surface area contributed by atoms with Crippen LogP contribution >= 0.6 is 0 Å². The van der Waals surface area contributed by atoms with Crippen LogP contribution in [-0.2, 0) is 0 Å². The van der Waals surface area contributed by atoms with Gasteiger partial charge in [0.15, 0.2) is 0 Å². The average Bonchev–Trinajstić information content (AvgIpc) is 2.30. The quantitative estimate of drug-likeness (QED) is 0.552. The van der Waals surface area contributed by atoms with Gasteiger partial charge in [-0.05, 0) is 35.0 Å². The number of hydrogen-bond donors (Lipinski definition) is 0. The molecule has 0 atom stereocenters. The molecule has 1 aliphatic carbocycles. The van der Waals surface area contributed by atoms with Crippen molar-refractivity contribution in [3.63, 3.8) is 0 Å². The average molecular weight is 163 g/mol. The van der Waals surface area contributed by atoms with E-state index in [0.29, 0.717) is 5.92 Å². The molecule has 0 bridgehead atoms. The van der Waals surface area contributed by atoms with Gasteiger partial charge in [-0.1, -0.05) is 40.7 Å². The Bertz CT molecular complexity index is 221. The van der Waals surface area contributed by atoms with Crippen molar-refractivity contribution < 1.29 is 0 Å². The lowest BCUT2D eigenvalue weighted by atomic mass is 9.80. The summed E-state index contributed by atoms with van der Waals surface area (Å²) in [6, 6.07) is 0. The summed E-state index contributed by atoms with van der Waals surface area (Å²) in [7, 11) is 0. The fraction of sp³-hybridized carbons (Fsp3) is 0.667. The van der Waals surface area contributed by atoms with Crippen LogP contribution in [0.5, 0.6) is 0 Å². The Morgan fingerprint density at radius 2 is 1.92 bits per heavy atom. The van der Waals surface area contributed by atoms with Crippen LogP contribution in [-0.4, -0.2) is 0 Å². The molecule has 0 unspecified atom stereocenters. The van der Waals surface area contributed by atoms with Crippen molar-refractivity contribution in [2.75, 3.05) is 0 Å². The van der Waals surface area contributed by atoms with Crippen molar-refractivity contribution in [3.8, 4) is 0 Å². The lowest BCUT2D eigenvalue weighted by Crippen LogP contribution is -2.12. The highest BCUT2D eigenvalue weighted by molar-refractivity contribution is 5.39. The van der Waals surface area contributed by atoms with Gasteiger partial charge < -0.3 is 0 Å². The molecule has 12 heavy (non-hydrogen) atoms. The largest absolute Gasteiger partial charge is 0.0763 e. The highest BCUT2D eigenvalue weighted by Gasteiger charge is 2.24. The molecule has 0 aromatic rings. The molecular formula is C12H19. The Kier molecular flexibility index (Phi) is 2.46. The van der Waals surface area contributed by atoms with Crippen molar-refractivity contribution >= 4 is 0 Å². The minimum atomic E-state index is 0.270. The van der Waals surface area contributed by atoms with Gasteiger partial charge in [0.2, 0.25) is 0 Å². The Labute approximate surface area is 76.4 Å². The summed E-state index contributed by atoms with van der Waals surface area (Å²) < 4.78 is 0. The Hall–Kier alpha value is -0.520. The molecule has 0 saturated heterocycles. The van der Waals surface area contributed by atoms with E-state index in [1.807, 2.05) is 0 Å². The minimum absolute atomic E-state index is 0.270. The molecule has 0 spiro atoms. The molecule has 0 fully saturated rings.